The second-order valence-corrected chi connectivity index (χ2v) is 6.86. The molecule has 0 saturated carbocycles. The van der Waals surface area contributed by atoms with Crippen molar-refractivity contribution in [2.24, 2.45) is 5.92 Å². The largest absolute Gasteiger partial charge is 0.508 e. The van der Waals surface area contributed by atoms with Gasteiger partial charge in [-0.05, 0) is 41.3 Å². The van der Waals surface area contributed by atoms with Gasteiger partial charge in [-0.25, -0.2) is 4.79 Å². The Hall–Kier alpha value is -3.02. The van der Waals surface area contributed by atoms with Gasteiger partial charge in [0.15, 0.2) is 0 Å². The smallest absolute Gasteiger partial charge is 0.328 e. The van der Waals surface area contributed by atoms with E-state index in [0.717, 1.165) is 11.1 Å². The number of phenolic OH excluding ortho intramolecular Hbond substituents is 2. The minimum atomic E-state index is -0.821. The third kappa shape index (κ3) is 7.01. The molecule has 2 aromatic rings. The van der Waals surface area contributed by atoms with Crippen molar-refractivity contribution in [3.8, 4) is 11.5 Å². The molecule has 2 aromatic carbocycles. The Balaban J connectivity index is 2.05. The molecule has 6 heteroatoms. The van der Waals surface area contributed by atoms with E-state index in [1.54, 1.807) is 24.3 Å². The predicted molar refractivity (Wildman–Crippen MR) is 101 cm³/mol. The summed E-state index contributed by atoms with van der Waals surface area (Å²) in [5.74, 6) is -0.353. The quantitative estimate of drug-likeness (QED) is 0.620. The summed E-state index contributed by atoms with van der Waals surface area (Å²) in [6.07, 6.45) is 0.350. The Morgan fingerprint density at radius 2 is 1.44 bits per heavy atom. The summed E-state index contributed by atoms with van der Waals surface area (Å²) in [4.78, 5) is 24.8. The monoisotopic (exact) mass is 371 g/mol. The van der Waals surface area contributed by atoms with E-state index in [1.165, 1.54) is 24.3 Å². The average Bonchev–Trinajstić information content (AvgIpc) is 2.63. The fourth-order valence-corrected chi connectivity index (χ4v) is 2.45. The zero-order chi connectivity index (χ0) is 19.8. The number of esters is 1. The number of aromatic hydroxyl groups is 2. The van der Waals surface area contributed by atoms with E-state index in [4.69, 9.17) is 4.74 Å². The summed E-state index contributed by atoms with van der Waals surface area (Å²) in [5.41, 5.74) is 1.52. The molecule has 0 radical (unpaired) electrons. The maximum Gasteiger partial charge on any atom is 0.328 e. The van der Waals surface area contributed by atoms with E-state index >= 15 is 0 Å². The molecule has 0 aliphatic heterocycles. The first-order chi connectivity index (χ1) is 12.8. The number of phenols is 2. The highest BCUT2D eigenvalue weighted by Gasteiger charge is 2.23. The van der Waals surface area contributed by atoms with E-state index < -0.39 is 12.0 Å². The van der Waals surface area contributed by atoms with E-state index in [2.05, 4.69) is 5.32 Å². The lowest BCUT2D eigenvalue weighted by Crippen LogP contribution is -2.44. The Labute approximate surface area is 158 Å². The number of hydrogen-bond acceptors (Lipinski definition) is 5. The number of carbonyl (C=O) groups is 2. The number of nitrogens with one attached hydrogen (secondary N) is 1. The van der Waals surface area contributed by atoms with Crippen molar-refractivity contribution >= 4 is 11.9 Å². The van der Waals surface area contributed by atoms with Crippen molar-refractivity contribution < 1.29 is 24.5 Å². The third-order valence-electron chi connectivity index (χ3n) is 3.86. The number of rotatable bonds is 8. The maximum absolute atomic E-state index is 12.4. The molecule has 0 fully saturated rings. The van der Waals surface area contributed by atoms with Crippen LogP contribution in [0.5, 0.6) is 11.5 Å². The Kier molecular flexibility index (Phi) is 7.23. The minimum Gasteiger partial charge on any atom is -0.508 e. The molecule has 1 amide bonds. The number of ether oxygens (including phenoxy) is 1. The van der Waals surface area contributed by atoms with Gasteiger partial charge in [0.1, 0.15) is 17.5 Å². The predicted octanol–water partition coefficient (Wildman–Crippen LogP) is 2.57. The molecule has 0 aliphatic rings. The molecule has 6 nitrogen and oxygen atoms in total. The van der Waals surface area contributed by atoms with Crippen LogP contribution < -0.4 is 5.32 Å². The summed E-state index contributed by atoms with van der Waals surface area (Å²) < 4.78 is 5.29. The highest BCUT2D eigenvalue weighted by atomic mass is 16.5. The molecule has 27 heavy (non-hydrogen) atoms. The van der Waals surface area contributed by atoms with Gasteiger partial charge in [-0.1, -0.05) is 38.1 Å². The van der Waals surface area contributed by atoms with Gasteiger partial charge < -0.3 is 20.3 Å². The zero-order valence-corrected chi connectivity index (χ0v) is 15.5. The SMILES string of the molecule is CC(C)COC(=O)C(Cc1ccc(O)cc1)NC(=O)Cc1ccc(O)cc1. The minimum absolute atomic E-state index is 0.0871. The second-order valence-electron chi connectivity index (χ2n) is 6.86. The van der Waals surface area contributed by atoms with Gasteiger partial charge in [0.25, 0.3) is 0 Å². The highest BCUT2D eigenvalue weighted by Crippen LogP contribution is 2.13. The van der Waals surface area contributed by atoms with Crippen LogP contribution in [-0.2, 0) is 27.2 Å². The van der Waals surface area contributed by atoms with Crippen LogP contribution in [0.15, 0.2) is 48.5 Å². The topological polar surface area (TPSA) is 95.9 Å². The summed E-state index contributed by atoms with van der Waals surface area (Å²) >= 11 is 0. The lowest BCUT2D eigenvalue weighted by molar-refractivity contribution is -0.148. The first-order valence-corrected chi connectivity index (χ1v) is 8.85. The van der Waals surface area contributed by atoms with Crippen LogP contribution in [0.2, 0.25) is 0 Å². The van der Waals surface area contributed by atoms with E-state index in [1.807, 2.05) is 13.8 Å². The molecule has 0 aliphatic carbocycles. The standard InChI is InChI=1S/C21H25NO5/c1-14(2)13-27-21(26)19(11-15-3-7-17(23)8-4-15)22-20(25)12-16-5-9-18(24)10-6-16/h3-10,14,19,23-24H,11-13H2,1-2H3,(H,22,25). The normalized spacial score (nSPS) is 11.8. The van der Waals surface area contributed by atoms with E-state index in [9.17, 15) is 19.8 Å². The van der Waals surface area contributed by atoms with Crippen molar-refractivity contribution in [3.63, 3.8) is 0 Å². The summed E-state index contributed by atoms with van der Waals surface area (Å²) in [7, 11) is 0. The zero-order valence-electron chi connectivity index (χ0n) is 15.5. The van der Waals surface area contributed by atoms with Gasteiger partial charge in [-0.15, -0.1) is 0 Å². The molecule has 1 atom stereocenters. The third-order valence-corrected chi connectivity index (χ3v) is 3.86. The Morgan fingerprint density at radius 1 is 0.926 bits per heavy atom. The van der Waals surface area contributed by atoms with Gasteiger partial charge in [-0.3, -0.25) is 4.79 Å². The van der Waals surface area contributed by atoms with Crippen molar-refractivity contribution in [3.05, 3.63) is 59.7 Å². The fourth-order valence-electron chi connectivity index (χ4n) is 2.45. The van der Waals surface area contributed by atoms with E-state index in [0.29, 0.717) is 0 Å². The molecule has 0 bridgehead atoms. The summed E-state index contributed by atoms with van der Waals surface area (Å²) in [6.45, 7) is 4.15. The second kappa shape index (κ2) is 9.62. The summed E-state index contributed by atoms with van der Waals surface area (Å²) in [5, 5.41) is 21.4. The molecule has 3 N–H and O–H groups in total. The first kappa shape index (κ1) is 20.3. The van der Waals surface area contributed by atoms with Crippen LogP contribution in [0.1, 0.15) is 25.0 Å². The van der Waals surface area contributed by atoms with Crippen LogP contribution in [-0.4, -0.2) is 34.7 Å². The molecule has 144 valence electrons. The molecule has 0 heterocycles. The number of benzene rings is 2. The van der Waals surface area contributed by atoms with Gasteiger partial charge >= 0.3 is 5.97 Å². The molecule has 2 rings (SSSR count). The van der Waals surface area contributed by atoms with Gasteiger partial charge in [0.05, 0.1) is 13.0 Å². The molecular formula is C21H25NO5. The maximum atomic E-state index is 12.4. The van der Waals surface area contributed by atoms with Gasteiger partial charge in [0.2, 0.25) is 5.91 Å². The lowest BCUT2D eigenvalue weighted by atomic mass is 10.0. The van der Waals surface area contributed by atoms with Gasteiger partial charge in [-0.2, -0.15) is 0 Å². The Bertz CT molecular complexity index is 753. The number of hydrogen-bond donors (Lipinski definition) is 3. The fraction of sp³-hybridized carbons (Fsp3) is 0.333. The van der Waals surface area contributed by atoms with Crippen LogP contribution in [0.25, 0.3) is 0 Å². The average molecular weight is 371 g/mol. The summed E-state index contributed by atoms with van der Waals surface area (Å²) in [6, 6.07) is 12.0. The molecule has 1 unspecified atom stereocenters. The molecule has 0 spiro atoms. The van der Waals surface area contributed by atoms with Crippen LogP contribution in [0.4, 0.5) is 0 Å². The van der Waals surface area contributed by atoms with E-state index in [-0.39, 0.29) is 42.8 Å². The number of amides is 1. The van der Waals surface area contributed by atoms with Crippen LogP contribution in [0, 0.1) is 5.92 Å². The molecule has 0 aromatic heterocycles. The van der Waals surface area contributed by atoms with Crippen LogP contribution >= 0.6 is 0 Å². The Morgan fingerprint density at radius 3 is 1.96 bits per heavy atom. The molecular weight excluding hydrogens is 346 g/mol. The first-order valence-electron chi connectivity index (χ1n) is 8.85. The van der Waals surface area contributed by atoms with Crippen molar-refractivity contribution in [1.29, 1.82) is 0 Å². The lowest BCUT2D eigenvalue weighted by Gasteiger charge is -2.19. The van der Waals surface area contributed by atoms with Crippen molar-refractivity contribution in [2.75, 3.05) is 6.61 Å². The van der Waals surface area contributed by atoms with Crippen molar-refractivity contribution in [1.82, 2.24) is 5.32 Å². The number of carbonyl (C=O) groups excluding carboxylic acids is 2. The van der Waals surface area contributed by atoms with Crippen LogP contribution in [0.3, 0.4) is 0 Å². The highest BCUT2D eigenvalue weighted by molar-refractivity contribution is 5.85. The van der Waals surface area contributed by atoms with Gasteiger partial charge in [0, 0.05) is 6.42 Å². The van der Waals surface area contributed by atoms with Crippen molar-refractivity contribution in [2.45, 2.75) is 32.7 Å². The molecule has 0 saturated heterocycles.